The molecule has 0 aliphatic carbocycles. The van der Waals surface area contributed by atoms with Crippen molar-refractivity contribution in [3.63, 3.8) is 0 Å². The number of fused-ring (bicyclic) bond motifs is 1. The fourth-order valence-corrected chi connectivity index (χ4v) is 1.56. The van der Waals surface area contributed by atoms with Gasteiger partial charge in [0.25, 0.3) is 5.89 Å². The molecule has 0 saturated carbocycles. The number of hydrogen-bond acceptors (Lipinski definition) is 6. The van der Waals surface area contributed by atoms with Crippen molar-refractivity contribution in [2.75, 3.05) is 5.73 Å². The number of aromatic nitrogens is 4. The summed E-state index contributed by atoms with van der Waals surface area (Å²) < 4.78 is 5.29. The average molecular weight is 227 g/mol. The molecule has 17 heavy (non-hydrogen) atoms. The van der Waals surface area contributed by atoms with E-state index in [4.69, 9.17) is 10.2 Å². The maximum atomic E-state index is 5.83. The summed E-state index contributed by atoms with van der Waals surface area (Å²) in [7, 11) is 0. The van der Waals surface area contributed by atoms with Gasteiger partial charge in [-0.2, -0.15) is 0 Å². The minimum absolute atomic E-state index is 0.285. The van der Waals surface area contributed by atoms with Crippen molar-refractivity contribution in [1.29, 1.82) is 0 Å². The van der Waals surface area contributed by atoms with Gasteiger partial charge in [0.15, 0.2) is 11.5 Å². The summed E-state index contributed by atoms with van der Waals surface area (Å²) in [5, 5.41) is 7.63. The van der Waals surface area contributed by atoms with E-state index in [1.54, 1.807) is 6.92 Å². The summed E-state index contributed by atoms with van der Waals surface area (Å²) in [6.45, 7) is 1.71. The Balaban J connectivity index is 2.26. The van der Waals surface area contributed by atoms with Gasteiger partial charge in [-0.1, -0.05) is 12.1 Å². The van der Waals surface area contributed by atoms with E-state index in [1.165, 1.54) is 0 Å². The van der Waals surface area contributed by atoms with Crippen LogP contribution in [0.1, 0.15) is 5.89 Å². The van der Waals surface area contributed by atoms with E-state index in [-0.39, 0.29) is 5.82 Å². The first-order valence-corrected chi connectivity index (χ1v) is 5.07. The van der Waals surface area contributed by atoms with Crippen LogP contribution in [0.2, 0.25) is 0 Å². The normalized spacial score (nSPS) is 10.9. The average Bonchev–Trinajstić information content (AvgIpc) is 2.75. The first-order valence-electron chi connectivity index (χ1n) is 5.07. The molecule has 6 heteroatoms. The Labute approximate surface area is 96.5 Å². The molecule has 0 fully saturated rings. The van der Waals surface area contributed by atoms with Gasteiger partial charge >= 0.3 is 0 Å². The van der Waals surface area contributed by atoms with E-state index in [2.05, 4.69) is 20.2 Å². The Morgan fingerprint density at radius 1 is 1.06 bits per heavy atom. The fraction of sp³-hybridized carbons (Fsp3) is 0.0909. The van der Waals surface area contributed by atoms with Crippen LogP contribution in [0.25, 0.3) is 22.6 Å². The van der Waals surface area contributed by atoms with E-state index in [0.29, 0.717) is 17.5 Å². The number of rotatable bonds is 1. The molecular weight excluding hydrogens is 218 g/mol. The molecule has 3 aromatic rings. The van der Waals surface area contributed by atoms with Crippen molar-refractivity contribution in [2.45, 2.75) is 6.92 Å². The molecule has 1 aromatic carbocycles. The first-order chi connectivity index (χ1) is 8.24. The van der Waals surface area contributed by atoms with Crippen LogP contribution in [-0.2, 0) is 0 Å². The number of hydrogen-bond donors (Lipinski definition) is 1. The standard InChI is InChI=1S/C11H9N5O/c1-6-15-16-11(17-6)9-10(12)14-8-5-3-2-4-7(8)13-9/h2-5H,1H3,(H2,12,14). The zero-order valence-electron chi connectivity index (χ0n) is 9.08. The predicted molar refractivity (Wildman–Crippen MR) is 62.0 cm³/mol. The van der Waals surface area contributed by atoms with E-state index in [0.717, 1.165) is 11.0 Å². The number of anilines is 1. The molecule has 0 aliphatic rings. The SMILES string of the molecule is Cc1nnc(-c2nc3ccccc3nc2N)o1. The molecule has 0 aliphatic heterocycles. The summed E-state index contributed by atoms with van der Waals surface area (Å²) >= 11 is 0. The van der Waals surface area contributed by atoms with Gasteiger partial charge in [-0.15, -0.1) is 10.2 Å². The van der Waals surface area contributed by atoms with Gasteiger partial charge in [0.1, 0.15) is 0 Å². The summed E-state index contributed by atoms with van der Waals surface area (Å²) in [4.78, 5) is 8.62. The maximum absolute atomic E-state index is 5.83. The third-order valence-electron chi connectivity index (χ3n) is 2.33. The molecule has 0 saturated heterocycles. The Morgan fingerprint density at radius 2 is 1.76 bits per heavy atom. The van der Waals surface area contributed by atoms with Gasteiger partial charge in [-0.25, -0.2) is 9.97 Å². The number of benzene rings is 1. The fourth-order valence-electron chi connectivity index (χ4n) is 1.56. The third kappa shape index (κ3) is 1.59. The van der Waals surface area contributed by atoms with Gasteiger partial charge < -0.3 is 10.2 Å². The zero-order chi connectivity index (χ0) is 11.8. The Bertz CT molecular complexity index is 691. The maximum Gasteiger partial charge on any atom is 0.270 e. The van der Waals surface area contributed by atoms with Gasteiger partial charge in [0, 0.05) is 6.92 Å². The molecule has 0 amide bonds. The van der Waals surface area contributed by atoms with Crippen molar-refractivity contribution in [2.24, 2.45) is 0 Å². The highest BCUT2D eigenvalue weighted by Gasteiger charge is 2.13. The van der Waals surface area contributed by atoms with Crippen LogP contribution in [0, 0.1) is 6.92 Å². The number of para-hydroxylation sites is 2. The van der Waals surface area contributed by atoms with Crippen LogP contribution in [0.5, 0.6) is 0 Å². The molecule has 0 spiro atoms. The summed E-state index contributed by atoms with van der Waals surface area (Å²) in [5.74, 6) is 1.04. The predicted octanol–water partition coefficient (Wildman–Crippen LogP) is 1.57. The van der Waals surface area contributed by atoms with Crippen molar-refractivity contribution in [3.8, 4) is 11.6 Å². The number of nitrogens with zero attached hydrogens (tertiary/aromatic N) is 4. The second-order valence-electron chi connectivity index (χ2n) is 3.57. The summed E-state index contributed by atoms with van der Waals surface area (Å²) in [5.41, 5.74) is 7.73. The van der Waals surface area contributed by atoms with Crippen LogP contribution in [0.15, 0.2) is 28.7 Å². The lowest BCUT2D eigenvalue weighted by Gasteiger charge is -2.01. The van der Waals surface area contributed by atoms with E-state index >= 15 is 0 Å². The van der Waals surface area contributed by atoms with E-state index < -0.39 is 0 Å². The molecular formula is C11H9N5O. The van der Waals surface area contributed by atoms with Crippen LogP contribution >= 0.6 is 0 Å². The molecule has 2 N–H and O–H groups in total. The van der Waals surface area contributed by atoms with Crippen molar-refractivity contribution in [3.05, 3.63) is 30.2 Å². The Morgan fingerprint density at radius 3 is 2.41 bits per heavy atom. The zero-order valence-corrected chi connectivity index (χ0v) is 9.08. The van der Waals surface area contributed by atoms with Crippen LogP contribution in [0.4, 0.5) is 5.82 Å². The van der Waals surface area contributed by atoms with Gasteiger partial charge in [0.05, 0.1) is 11.0 Å². The molecule has 6 nitrogen and oxygen atoms in total. The highest BCUT2D eigenvalue weighted by Crippen LogP contribution is 2.23. The highest BCUT2D eigenvalue weighted by atomic mass is 16.4. The number of nitrogens with two attached hydrogens (primary N) is 1. The summed E-state index contributed by atoms with van der Waals surface area (Å²) in [6.07, 6.45) is 0. The number of aryl methyl sites for hydroxylation is 1. The number of nitrogen functional groups attached to an aromatic ring is 1. The second-order valence-corrected chi connectivity index (χ2v) is 3.57. The monoisotopic (exact) mass is 227 g/mol. The van der Waals surface area contributed by atoms with E-state index in [1.807, 2.05) is 24.3 Å². The van der Waals surface area contributed by atoms with Gasteiger partial charge in [-0.3, -0.25) is 0 Å². The molecule has 3 rings (SSSR count). The highest BCUT2D eigenvalue weighted by molar-refractivity contribution is 5.80. The van der Waals surface area contributed by atoms with Crippen LogP contribution < -0.4 is 5.73 Å². The lowest BCUT2D eigenvalue weighted by molar-refractivity contribution is 0.531. The Hall–Kier alpha value is -2.50. The molecule has 0 bridgehead atoms. The second kappa shape index (κ2) is 3.51. The van der Waals surface area contributed by atoms with Crippen LogP contribution in [-0.4, -0.2) is 20.2 Å². The molecule has 0 radical (unpaired) electrons. The largest absolute Gasteiger partial charge is 0.420 e. The molecule has 84 valence electrons. The van der Waals surface area contributed by atoms with Gasteiger partial charge in [0.2, 0.25) is 5.89 Å². The molecule has 2 heterocycles. The molecule has 0 atom stereocenters. The van der Waals surface area contributed by atoms with Crippen LogP contribution in [0.3, 0.4) is 0 Å². The quantitative estimate of drug-likeness (QED) is 0.678. The van der Waals surface area contributed by atoms with Gasteiger partial charge in [-0.05, 0) is 12.1 Å². The minimum atomic E-state index is 0.285. The first kappa shape index (κ1) is 9.71. The molecule has 2 aromatic heterocycles. The van der Waals surface area contributed by atoms with Crippen molar-refractivity contribution < 1.29 is 4.42 Å². The van der Waals surface area contributed by atoms with E-state index in [9.17, 15) is 0 Å². The Kier molecular flexibility index (Phi) is 2.01. The third-order valence-corrected chi connectivity index (χ3v) is 2.33. The smallest absolute Gasteiger partial charge is 0.270 e. The molecule has 0 unspecified atom stereocenters. The minimum Gasteiger partial charge on any atom is -0.420 e. The van der Waals surface area contributed by atoms with Crippen molar-refractivity contribution in [1.82, 2.24) is 20.2 Å². The van der Waals surface area contributed by atoms with Crippen molar-refractivity contribution >= 4 is 16.9 Å². The lowest BCUT2D eigenvalue weighted by atomic mass is 10.3. The summed E-state index contributed by atoms with van der Waals surface area (Å²) in [6, 6.07) is 7.47. The topological polar surface area (TPSA) is 90.7 Å². The lowest BCUT2D eigenvalue weighted by Crippen LogP contribution is -1.98.